The van der Waals surface area contributed by atoms with Crippen molar-refractivity contribution in [2.75, 3.05) is 20.2 Å². The van der Waals surface area contributed by atoms with E-state index >= 15 is 0 Å². The molecule has 2 heterocycles. The molecule has 2 amide bonds. The van der Waals surface area contributed by atoms with Gasteiger partial charge in [-0.05, 0) is 64.3 Å². The number of furan rings is 1. The molecule has 3 N–H and O–H groups in total. The third kappa shape index (κ3) is 8.33. The number of aliphatic hydroxyl groups is 1. The van der Waals surface area contributed by atoms with Gasteiger partial charge in [-0.15, -0.1) is 0 Å². The van der Waals surface area contributed by atoms with Gasteiger partial charge in [0.1, 0.15) is 29.3 Å². The number of aliphatic hydroxyl groups excluding tert-OH is 1. The Bertz CT molecular complexity index is 1100. The van der Waals surface area contributed by atoms with Crippen molar-refractivity contribution in [2.45, 2.75) is 52.7 Å². The minimum absolute atomic E-state index is 0.167. The van der Waals surface area contributed by atoms with Crippen LogP contribution in [-0.4, -0.2) is 47.8 Å². The van der Waals surface area contributed by atoms with E-state index in [0.29, 0.717) is 34.6 Å². The first-order valence-corrected chi connectivity index (χ1v) is 11.6. The Labute approximate surface area is 206 Å². The molecule has 0 radical (unpaired) electrons. The summed E-state index contributed by atoms with van der Waals surface area (Å²) in [6.07, 6.45) is 2.05. The summed E-state index contributed by atoms with van der Waals surface area (Å²) in [5.74, 6) is 0.707. The van der Waals surface area contributed by atoms with E-state index in [4.69, 9.17) is 24.7 Å². The Balaban J connectivity index is 0.000000263. The van der Waals surface area contributed by atoms with Crippen molar-refractivity contribution in [1.82, 2.24) is 4.90 Å². The summed E-state index contributed by atoms with van der Waals surface area (Å²) in [4.78, 5) is 24.6. The number of amides is 2. The lowest BCUT2D eigenvalue weighted by molar-refractivity contribution is 0.0295. The molecule has 1 aromatic heterocycles. The molecule has 190 valence electrons. The van der Waals surface area contributed by atoms with Gasteiger partial charge >= 0.3 is 6.09 Å². The lowest BCUT2D eigenvalue weighted by atomic mass is 10.1. The van der Waals surface area contributed by atoms with E-state index in [0.717, 1.165) is 38.6 Å². The van der Waals surface area contributed by atoms with E-state index in [1.165, 1.54) is 0 Å². The Morgan fingerprint density at radius 3 is 2.26 bits per heavy atom. The normalized spacial score (nSPS) is 12.8. The number of rotatable bonds is 4. The first kappa shape index (κ1) is 27.7. The summed E-state index contributed by atoms with van der Waals surface area (Å²) >= 11 is 0. The summed E-state index contributed by atoms with van der Waals surface area (Å²) < 4.78 is 16.5. The van der Waals surface area contributed by atoms with Crippen LogP contribution in [0, 0.1) is 6.92 Å². The molecule has 8 heteroatoms. The van der Waals surface area contributed by atoms with Crippen LogP contribution in [0.5, 0.6) is 5.75 Å². The zero-order valence-electron chi connectivity index (χ0n) is 21.2. The lowest BCUT2D eigenvalue weighted by Crippen LogP contribution is -2.34. The van der Waals surface area contributed by atoms with Gasteiger partial charge < -0.3 is 29.6 Å². The average molecular weight is 485 g/mol. The number of benzene rings is 2. The number of carbonyl (C=O) groups excluding carboxylic acids is 2. The van der Waals surface area contributed by atoms with E-state index in [1.807, 2.05) is 57.2 Å². The molecule has 0 aliphatic carbocycles. The average Bonchev–Trinajstić information content (AvgIpc) is 3.46. The van der Waals surface area contributed by atoms with E-state index in [9.17, 15) is 9.59 Å². The molecule has 0 bridgehead atoms. The van der Waals surface area contributed by atoms with Gasteiger partial charge in [0.15, 0.2) is 0 Å². The van der Waals surface area contributed by atoms with Crippen molar-refractivity contribution in [3.8, 4) is 5.75 Å². The molecule has 8 nitrogen and oxygen atoms in total. The Morgan fingerprint density at radius 2 is 1.69 bits per heavy atom. The van der Waals surface area contributed by atoms with E-state index < -0.39 is 5.91 Å². The summed E-state index contributed by atoms with van der Waals surface area (Å²) in [6.45, 7) is 9.58. The number of likely N-dealkylation sites (tertiary alicyclic amines) is 1. The maximum absolute atomic E-state index is 11.5. The minimum Gasteiger partial charge on any atom is -0.489 e. The number of carbonyl (C=O) groups is 2. The molecular weight excluding hydrogens is 448 g/mol. The van der Waals surface area contributed by atoms with Crippen molar-refractivity contribution < 1.29 is 28.6 Å². The third-order valence-corrected chi connectivity index (χ3v) is 5.09. The van der Waals surface area contributed by atoms with Gasteiger partial charge in [0.25, 0.3) is 5.91 Å². The molecule has 1 aliphatic heterocycles. The van der Waals surface area contributed by atoms with Crippen LogP contribution in [0.4, 0.5) is 4.79 Å². The molecule has 1 saturated heterocycles. The Morgan fingerprint density at radius 1 is 1.06 bits per heavy atom. The van der Waals surface area contributed by atoms with Gasteiger partial charge in [-0.1, -0.05) is 30.3 Å². The number of hydrogen-bond acceptors (Lipinski definition) is 6. The smallest absolute Gasteiger partial charge is 0.410 e. The fraction of sp³-hybridized carbons (Fsp3) is 0.407. The van der Waals surface area contributed by atoms with Crippen LogP contribution in [0.2, 0.25) is 0 Å². The molecular formula is C27H36N2O6. The van der Waals surface area contributed by atoms with Crippen molar-refractivity contribution in [2.24, 2.45) is 5.73 Å². The highest BCUT2D eigenvalue weighted by Crippen LogP contribution is 2.29. The first-order valence-electron chi connectivity index (χ1n) is 11.6. The van der Waals surface area contributed by atoms with E-state index in [1.54, 1.807) is 24.0 Å². The highest BCUT2D eigenvalue weighted by atomic mass is 16.6. The summed E-state index contributed by atoms with van der Waals surface area (Å²) in [5, 5.41) is 7.69. The minimum atomic E-state index is -0.494. The molecule has 3 aromatic rings. The predicted octanol–water partition coefficient (Wildman–Crippen LogP) is 5.04. The van der Waals surface area contributed by atoms with Crippen molar-refractivity contribution in [3.05, 3.63) is 65.4 Å². The largest absolute Gasteiger partial charge is 0.489 e. The number of aryl methyl sites for hydroxylation is 1. The molecule has 0 saturated carbocycles. The fourth-order valence-corrected chi connectivity index (χ4v) is 3.56. The highest BCUT2D eigenvalue weighted by molar-refractivity contribution is 6.06. The Hall–Kier alpha value is -3.52. The van der Waals surface area contributed by atoms with Crippen LogP contribution in [0.15, 0.2) is 52.9 Å². The highest BCUT2D eigenvalue weighted by Gasteiger charge is 2.24. The number of hydrogen-bond donors (Lipinski definition) is 2. The predicted molar refractivity (Wildman–Crippen MR) is 135 cm³/mol. The molecule has 0 spiro atoms. The standard InChI is InChI=1S/C17H15NO3.C9H17NO2.CH4O/c1-11-16(17(18)19)14-9-13(7-8-15(14)21-11)20-10-12-5-3-2-4-6-12;1-9(2,3)12-8(11)10-6-4-5-7-10;1-2/h2-9H,10H2,1H3,(H2,18,19);4-7H2,1-3H3;2H,1H3. The molecule has 0 atom stereocenters. The van der Waals surface area contributed by atoms with Crippen molar-refractivity contribution in [1.29, 1.82) is 0 Å². The fourth-order valence-electron chi connectivity index (χ4n) is 3.56. The second-order valence-electron chi connectivity index (χ2n) is 9.00. The number of nitrogens with zero attached hydrogens (tertiary/aromatic N) is 1. The van der Waals surface area contributed by atoms with Crippen LogP contribution in [-0.2, 0) is 11.3 Å². The zero-order valence-corrected chi connectivity index (χ0v) is 21.2. The van der Waals surface area contributed by atoms with Gasteiger partial charge in [-0.2, -0.15) is 0 Å². The summed E-state index contributed by atoms with van der Waals surface area (Å²) in [7, 11) is 1.00. The summed E-state index contributed by atoms with van der Waals surface area (Å²) in [5.41, 5.74) is 7.16. The van der Waals surface area contributed by atoms with E-state index in [-0.39, 0.29) is 11.7 Å². The molecule has 35 heavy (non-hydrogen) atoms. The number of fused-ring (bicyclic) bond motifs is 1. The SMILES string of the molecule is CC(C)(C)OC(=O)N1CCCC1.CO.Cc1oc2ccc(OCc3ccccc3)cc2c1C(N)=O. The molecule has 1 fully saturated rings. The van der Waals surface area contributed by atoms with Gasteiger partial charge in [0.2, 0.25) is 0 Å². The first-order chi connectivity index (χ1) is 16.6. The maximum atomic E-state index is 11.5. The van der Waals surface area contributed by atoms with Crippen LogP contribution < -0.4 is 10.5 Å². The molecule has 2 aromatic carbocycles. The van der Waals surface area contributed by atoms with Crippen LogP contribution >= 0.6 is 0 Å². The molecule has 4 rings (SSSR count). The maximum Gasteiger partial charge on any atom is 0.410 e. The zero-order chi connectivity index (χ0) is 26.0. The van der Waals surface area contributed by atoms with Crippen LogP contribution in [0.1, 0.15) is 55.3 Å². The van der Waals surface area contributed by atoms with Gasteiger partial charge in [0, 0.05) is 25.6 Å². The number of primary amides is 1. The van der Waals surface area contributed by atoms with E-state index in [2.05, 4.69) is 0 Å². The van der Waals surface area contributed by atoms with Crippen LogP contribution in [0.3, 0.4) is 0 Å². The van der Waals surface area contributed by atoms with Crippen LogP contribution in [0.25, 0.3) is 11.0 Å². The quantitative estimate of drug-likeness (QED) is 0.536. The van der Waals surface area contributed by atoms with Gasteiger partial charge in [0.05, 0.1) is 5.56 Å². The third-order valence-electron chi connectivity index (χ3n) is 5.09. The summed E-state index contributed by atoms with van der Waals surface area (Å²) in [6, 6.07) is 15.3. The number of ether oxygens (including phenoxy) is 2. The Kier molecular flexibility index (Phi) is 10.1. The molecule has 1 aliphatic rings. The lowest BCUT2D eigenvalue weighted by Gasteiger charge is -2.23. The second kappa shape index (κ2) is 12.8. The monoisotopic (exact) mass is 484 g/mol. The van der Waals surface area contributed by atoms with Crippen molar-refractivity contribution >= 4 is 23.0 Å². The van der Waals surface area contributed by atoms with Gasteiger partial charge in [-0.25, -0.2) is 4.79 Å². The second-order valence-corrected chi connectivity index (χ2v) is 9.00. The molecule has 0 unspecified atom stereocenters. The number of nitrogens with two attached hydrogens (primary N) is 1. The van der Waals surface area contributed by atoms with Gasteiger partial charge in [-0.3, -0.25) is 4.79 Å². The van der Waals surface area contributed by atoms with Crippen molar-refractivity contribution in [3.63, 3.8) is 0 Å². The topological polar surface area (TPSA) is 115 Å².